The van der Waals surface area contributed by atoms with Gasteiger partial charge in [-0.15, -0.1) is 0 Å². The number of rotatable bonds is 4. The van der Waals surface area contributed by atoms with Crippen LogP contribution < -0.4 is 10.1 Å². The number of hydrogen-bond acceptors (Lipinski definition) is 5. The smallest absolute Gasteiger partial charge is 0.321 e. The number of para-hydroxylation sites is 1. The van der Waals surface area contributed by atoms with Crippen LogP contribution in [0, 0.1) is 0 Å². The Labute approximate surface area is 157 Å². The number of fused-ring (bicyclic) bond motifs is 1. The minimum atomic E-state index is -0.346. The molecule has 1 N–H and O–H groups in total. The van der Waals surface area contributed by atoms with Gasteiger partial charge in [-0.3, -0.25) is 4.79 Å². The summed E-state index contributed by atoms with van der Waals surface area (Å²) in [5, 5.41) is 3.65. The fourth-order valence-electron chi connectivity index (χ4n) is 2.41. The van der Waals surface area contributed by atoms with E-state index in [1.165, 1.54) is 0 Å². The Balaban J connectivity index is 1.53. The molecule has 0 atom stereocenters. The first kappa shape index (κ1) is 16.3. The highest BCUT2D eigenvalue weighted by atomic mass is 79.9. The van der Waals surface area contributed by atoms with Gasteiger partial charge in [-0.25, -0.2) is 9.97 Å². The zero-order valence-corrected chi connectivity index (χ0v) is 14.9. The lowest BCUT2D eigenvalue weighted by molar-refractivity contribution is 0.0998. The van der Waals surface area contributed by atoms with Gasteiger partial charge in [-0.1, -0.05) is 18.2 Å². The number of aromatic nitrogens is 2. The Hall–Kier alpha value is -3.19. The van der Waals surface area contributed by atoms with E-state index in [1.54, 1.807) is 48.8 Å². The molecule has 2 aromatic heterocycles. The zero-order chi connectivity index (χ0) is 17.9. The number of carbonyl (C=O) groups is 1. The first-order chi connectivity index (χ1) is 12.7. The fraction of sp³-hybridized carbons (Fsp3) is 0. The molecule has 0 aliphatic heterocycles. The molecule has 4 aromatic rings. The molecule has 0 spiro atoms. The molecular weight excluding hydrogens is 398 g/mol. The van der Waals surface area contributed by atoms with Gasteiger partial charge < -0.3 is 14.5 Å². The van der Waals surface area contributed by atoms with E-state index in [4.69, 9.17) is 9.15 Å². The molecule has 0 aliphatic carbocycles. The van der Waals surface area contributed by atoms with Gasteiger partial charge in [0.25, 0.3) is 5.91 Å². The molecule has 0 radical (unpaired) electrons. The maximum Gasteiger partial charge on any atom is 0.321 e. The second-order valence-corrected chi connectivity index (χ2v) is 6.24. The normalized spacial score (nSPS) is 10.7. The van der Waals surface area contributed by atoms with Crippen molar-refractivity contribution in [3.8, 4) is 11.8 Å². The van der Waals surface area contributed by atoms with Gasteiger partial charge in [0, 0.05) is 29.5 Å². The monoisotopic (exact) mass is 409 g/mol. The maximum absolute atomic E-state index is 12.5. The van der Waals surface area contributed by atoms with E-state index in [1.807, 2.05) is 18.2 Å². The van der Waals surface area contributed by atoms with Crippen LogP contribution in [0.25, 0.3) is 11.0 Å². The van der Waals surface area contributed by atoms with Crippen LogP contribution in [0.5, 0.6) is 11.8 Å². The van der Waals surface area contributed by atoms with Crippen molar-refractivity contribution in [1.82, 2.24) is 9.97 Å². The number of benzene rings is 2. The van der Waals surface area contributed by atoms with Crippen LogP contribution in [-0.4, -0.2) is 15.9 Å². The summed E-state index contributed by atoms with van der Waals surface area (Å²) in [6, 6.07) is 16.2. The zero-order valence-electron chi connectivity index (χ0n) is 13.3. The van der Waals surface area contributed by atoms with Crippen LogP contribution in [-0.2, 0) is 0 Å². The number of ether oxygens (including phenoxy) is 1. The van der Waals surface area contributed by atoms with Gasteiger partial charge >= 0.3 is 6.01 Å². The quantitative estimate of drug-likeness (QED) is 0.511. The van der Waals surface area contributed by atoms with Gasteiger partial charge in [-0.05, 0) is 46.3 Å². The van der Waals surface area contributed by atoms with Gasteiger partial charge in [0.1, 0.15) is 11.3 Å². The Morgan fingerprint density at radius 2 is 1.85 bits per heavy atom. The molecule has 0 unspecified atom stereocenters. The van der Waals surface area contributed by atoms with E-state index < -0.39 is 0 Å². The van der Waals surface area contributed by atoms with Crippen molar-refractivity contribution in [2.75, 3.05) is 5.32 Å². The van der Waals surface area contributed by atoms with Gasteiger partial charge in [0.05, 0.1) is 4.47 Å². The van der Waals surface area contributed by atoms with Crippen molar-refractivity contribution in [1.29, 1.82) is 0 Å². The second kappa shape index (κ2) is 6.97. The highest BCUT2D eigenvalue weighted by molar-refractivity contribution is 9.10. The number of carbonyl (C=O) groups excluding carboxylic acids is 1. The van der Waals surface area contributed by atoms with Crippen molar-refractivity contribution >= 4 is 38.5 Å². The second-order valence-electron chi connectivity index (χ2n) is 5.38. The molecule has 2 aromatic carbocycles. The van der Waals surface area contributed by atoms with Crippen LogP contribution in [0.1, 0.15) is 10.6 Å². The molecule has 6 nitrogen and oxygen atoms in total. The summed E-state index contributed by atoms with van der Waals surface area (Å²) in [5.74, 6) is 0.396. The van der Waals surface area contributed by atoms with E-state index in [2.05, 4.69) is 31.2 Å². The van der Waals surface area contributed by atoms with E-state index in [0.29, 0.717) is 17.0 Å². The maximum atomic E-state index is 12.5. The van der Waals surface area contributed by atoms with Crippen LogP contribution in [0.2, 0.25) is 0 Å². The summed E-state index contributed by atoms with van der Waals surface area (Å²) >= 11 is 3.41. The van der Waals surface area contributed by atoms with Crippen LogP contribution in [0.4, 0.5) is 5.69 Å². The predicted octanol–water partition coefficient (Wildman–Crippen LogP) is 5.03. The number of hydrogen-bond donors (Lipinski definition) is 1. The molecule has 0 bridgehead atoms. The summed E-state index contributed by atoms with van der Waals surface area (Å²) in [6.07, 6.45) is 3.18. The van der Waals surface area contributed by atoms with Crippen molar-refractivity contribution < 1.29 is 13.9 Å². The van der Waals surface area contributed by atoms with Crippen molar-refractivity contribution in [3.63, 3.8) is 0 Å². The number of anilines is 1. The SMILES string of the molecule is O=C(Nc1cccc(Oc2ncccn2)c1)c1cc2cccc(Br)c2o1. The minimum Gasteiger partial charge on any atom is -0.450 e. The molecule has 26 heavy (non-hydrogen) atoms. The number of furan rings is 1. The average Bonchev–Trinajstić information content (AvgIpc) is 3.09. The van der Waals surface area contributed by atoms with E-state index in [-0.39, 0.29) is 17.7 Å². The molecule has 0 saturated carbocycles. The Bertz CT molecular complexity index is 1080. The lowest BCUT2D eigenvalue weighted by Gasteiger charge is -2.06. The predicted molar refractivity (Wildman–Crippen MR) is 100 cm³/mol. The van der Waals surface area contributed by atoms with Crippen LogP contribution in [0.3, 0.4) is 0 Å². The topological polar surface area (TPSA) is 77.2 Å². The third-order valence-electron chi connectivity index (χ3n) is 3.56. The number of halogens is 1. The number of nitrogens with zero attached hydrogens (tertiary/aromatic N) is 2. The average molecular weight is 410 g/mol. The molecule has 4 rings (SSSR count). The molecule has 128 valence electrons. The third-order valence-corrected chi connectivity index (χ3v) is 4.19. The molecule has 7 heteroatoms. The Morgan fingerprint density at radius 1 is 1.04 bits per heavy atom. The fourth-order valence-corrected chi connectivity index (χ4v) is 2.88. The third kappa shape index (κ3) is 3.43. The lowest BCUT2D eigenvalue weighted by atomic mass is 10.2. The summed E-state index contributed by atoms with van der Waals surface area (Å²) in [7, 11) is 0. The highest BCUT2D eigenvalue weighted by Gasteiger charge is 2.14. The summed E-state index contributed by atoms with van der Waals surface area (Å²) < 4.78 is 12.0. The lowest BCUT2D eigenvalue weighted by Crippen LogP contribution is -2.10. The van der Waals surface area contributed by atoms with Crippen molar-refractivity contribution in [2.24, 2.45) is 0 Å². The van der Waals surface area contributed by atoms with Crippen LogP contribution in [0.15, 0.2) is 75.9 Å². The number of nitrogens with one attached hydrogen (secondary N) is 1. The van der Waals surface area contributed by atoms with E-state index >= 15 is 0 Å². The standard InChI is InChI=1S/C19H12BrN3O3/c20-15-7-1-4-12-10-16(26-17(12)15)18(24)23-13-5-2-6-14(11-13)25-19-21-8-3-9-22-19/h1-11H,(H,23,24). The largest absolute Gasteiger partial charge is 0.450 e. The van der Waals surface area contributed by atoms with E-state index in [9.17, 15) is 4.79 Å². The van der Waals surface area contributed by atoms with Crippen LogP contribution >= 0.6 is 15.9 Å². The Kier molecular flexibility index (Phi) is 4.37. The highest BCUT2D eigenvalue weighted by Crippen LogP contribution is 2.28. The summed E-state index contributed by atoms with van der Waals surface area (Å²) in [6.45, 7) is 0. The van der Waals surface area contributed by atoms with Crippen molar-refractivity contribution in [3.05, 3.63) is 77.2 Å². The molecule has 0 saturated heterocycles. The first-order valence-corrected chi connectivity index (χ1v) is 8.53. The Morgan fingerprint density at radius 3 is 2.65 bits per heavy atom. The molecule has 2 heterocycles. The van der Waals surface area contributed by atoms with E-state index in [0.717, 1.165) is 9.86 Å². The molecular formula is C19H12BrN3O3. The molecule has 0 aliphatic rings. The molecule has 0 fully saturated rings. The van der Waals surface area contributed by atoms with Gasteiger partial charge in [-0.2, -0.15) is 0 Å². The summed E-state index contributed by atoms with van der Waals surface area (Å²) in [5.41, 5.74) is 1.21. The van der Waals surface area contributed by atoms with Crippen molar-refractivity contribution in [2.45, 2.75) is 0 Å². The summed E-state index contributed by atoms with van der Waals surface area (Å²) in [4.78, 5) is 20.5. The number of amides is 1. The van der Waals surface area contributed by atoms with Gasteiger partial charge in [0.2, 0.25) is 0 Å². The minimum absolute atomic E-state index is 0.226. The van der Waals surface area contributed by atoms with Gasteiger partial charge in [0.15, 0.2) is 5.76 Å². The first-order valence-electron chi connectivity index (χ1n) is 7.73. The molecule has 1 amide bonds.